The lowest BCUT2D eigenvalue weighted by molar-refractivity contribution is 0.0627. The highest BCUT2D eigenvalue weighted by molar-refractivity contribution is 4.99. The Kier molecular flexibility index (Phi) is 3.91. The predicted molar refractivity (Wildman–Crippen MR) is 69.7 cm³/mol. The summed E-state index contributed by atoms with van der Waals surface area (Å²) in [6, 6.07) is 1.64. The van der Waals surface area contributed by atoms with Crippen molar-refractivity contribution in [2.24, 2.45) is 5.41 Å². The molecule has 1 N–H and O–H groups in total. The van der Waals surface area contributed by atoms with E-state index in [1.54, 1.807) is 0 Å². The molecule has 2 aliphatic rings. The van der Waals surface area contributed by atoms with Crippen LogP contribution in [0.2, 0.25) is 0 Å². The molecule has 1 aliphatic carbocycles. The summed E-state index contributed by atoms with van der Waals surface area (Å²) in [5.74, 6) is 0. The van der Waals surface area contributed by atoms with Crippen LogP contribution in [0.25, 0.3) is 0 Å². The number of hydrogen-bond donors (Lipinski definition) is 1. The molecular weight excluding hydrogens is 196 g/mol. The maximum Gasteiger partial charge on any atom is 0.0124 e. The van der Waals surface area contributed by atoms with E-state index in [1.165, 1.54) is 51.6 Å². The normalized spacial score (nSPS) is 31.3. The zero-order valence-electron chi connectivity index (χ0n) is 11.3. The summed E-state index contributed by atoms with van der Waals surface area (Å²) in [6.45, 7) is 7.45. The van der Waals surface area contributed by atoms with Gasteiger partial charge < -0.3 is 5.32 Å². The van der Waals surface area contributed by atoms with Gasteiger partial charge in [-0.25, -0.2) is 0 Å². The Bertz CT molecular complexity index is 223. The molecule has 0 aromatic carbocycles. The highest BCUT2D eigenvalue weighted by Gasteiger charge is 2.46. The number of nitrogens with one attached hydrogen (secondary N) is 1. The number of nitrogens with zero attached hydrogens (tertiary/aromatic N) is 1. The van der Waals surface area contributed by atoms with Gasteiger partial charge in [0.1, 0.15) is 0 Å². The largest absolute Gasteiger partial charge is 0.320 e. The lowest BCUT2D eigenvalue weighted by atomic mass is 9.91. The van der Waals surface area contributed by atoms with E-state index in [9.17, 15) is 0 Å². The second kappa shape index (κ2) is 5.05. The summed E-state index contributed by atoms with van der Waals surface area (Å²) in [6.07, 6.45) is 8.50. The Morgan fingerprint density at radius 1 is 1.38 bits per heavy atom. The van der Waals surface area contributed by atoms with Crippen molar-refractivity contribution in [2.75, 3.05) is 20.1 Å². The van der Waals surface area contributed by atoms with Crippen molar-refractivity contribution < 1.29 is 0 Å². The molecule has 2 atom stereocenters. The van der Waals surface area contributed by atoms with Crippen molar-refractivity contribution in [1.82, 2.24) is 10.2 Å². The van der Waals surface area contributed by atoms with E-state index in [4.69, 9.17) is 0 Å². The zero-order chi connectivity index (χ0) is 11.6. The van der Waals surface area contributed by atoms with E-state index in [0.717, 1.165) is 12.1 Å². The van der Waals surface area contributed by atoms with Crippen LogP contribution in [0, 0.1) is 5.41 Å². The third kappa shape index (κ3) is 2.60. The first-order valence-corrected chi connectivity index (χ1v) is 7.08. The van der Waals surface area contributed by atoms with Gasteiger partial charge >= 0.3 is 0 Å². The first kappa shape index (κ1) is 12.4. The van der Waals surface area contributed by atoms with Crippen molar-refractivity contribution >= 4 is 0 Å². The monoisotopic (exact) mass is 224 g/mol. The minimum Gasteiger partial charge on any atom is -0.320 e. The molecule has 1 heterocycles. The van der Waals surface area contributed by atoms with Gasteiger partial charge in [-0.15, -0.1) is 0 Å². The van der Waals surface area contributed by atoms with Crippen LogP contribution in [0.1, 0.15) is 52.4 Å². The molecule has 2 fully saturated rings. The Balaban J connectivity index is 1.92. The van der Waals surface area contributed by atoms with Crippen LogP contribution in [-0.2, 0) is 0 Å². The summed E-state index contributed by atoms with van der Waals surface area (Å²) < 4.78 is 0. The van der Waals surface area contributed by atoms with Crippen LogP contribution in [0.3, 0.4) is 0 Å². The number of hydrogen-bond acceptors (Lipinski definition) is 2. The quantitative estimate of drug-likeness (QED) is 0.772. The average Bonchev–Trinajstić information content (AvgIpc) is 3.05. The minimum atomic E-state index is 0.648. The highest BCUT2D eigenvalue weighted by atomic mass is 15.2. The fourth-order valence-corrected chi connectivity index (χ4v) is 3.17. The summed E-state index contributed by atoms with van der Waals surface area (Å²) >= 11 is 0. The average molecular weight is 224 g/mol. The molecule has 1 aliphatic heterocycles. The molecule has 2 nitrogen and oxygen atoms in total. The highest BCUT2D eigenvalue weighted by Crippen LogP contribution is 2.50. The van der Waals surface area contributed by atoms with Crippen molar-refractivity contribution in [1.29, 1.82) is 0 Å². The van der Waals surface area contributed by atoms with Gasteiger partial charge in [0.25, 0.3) is 0 Å². The molecule has 0 aromatic heterocycles. The maximum absolute atomic E-state index is 3.30. The van der Waals surface area contributed by atoms with E-state index in [0.29, 0.717) is 5.41 Å². The molecule has 2 unspecified atom stereocenters. The fraction of sp³-hybridized carbons (Fsp3) is 1.00. The zero-order valence-corrected chi connectivity index (χ0v) is 11.3. The van der Waals surface area contributed by atoms with Gasteiger partial charge in [-0.05, 0) is 64.6 Å². The number of piperidine rings is 1. The molecular formula is C14H28N2. The Labute approximate surface area is 101 Å². The van der Waals surface area contributed by atoms with Crippen LogP contribution >= 0.6 is 0 Å². The van der Waals surface area contributed by atoms with Gasteiger partial charge in [0.15, 0.2) is 0 Å². The van der Waals surface area contributed by atoms with E-state index >= 15 is 0 Å². The summed E-state index contributed by atoms with van der Waals surface area (Å²) in [5.41, 5.74) is 0.648. The Morgan fingerprint density at radius 2 is 2.12 bits per heavy atom. The van der Waals surface area contributed by atoms with E-state index in [2.05, 4.69) is 31.1 Å². The van der Waals surface area contributed by atoms with Crippen molar-refractivity contribution in [3.8, 4) is 0 Å². The SMILES string of the molecule is CNCCC1CCCCN1C(C)C1(C)CC1. The summed E-state index contributed by atoms with van der Waals surface area (Å²) in [5, 5.41) is 3.30. The van der Waals surface area contributed by atoms with Crippen molar-refractivity contribution in [3.05, 3.63) is 0 Å². The lowest BCUT2D eigenvalue weighted by Gasteiger charge is -2.42. The Morgan fingerprint density at radius 3 is 2.75 bits per heavy atom. The second-order valence-electron chi connectivity index (χ2n) is 6.11. The number of rotatable bonds is 5. The molecule has 2 rings (SSSR count). The first-order valence-electron chi connectivity index (χ1n) is 7.08. The lowest BCUT2D eigenvalue weighted by Crippen LogP contribution is -2.49. The van der Waals surface area contributed by atoms with Gasteiger partial charge in [0, 0.05) is 12.1 Å². The molecule has 16 heavy (non-hydrogen) atoms. The molecule has 0 bridgehead atoms. The van der Waals surface area contributed by atoms with Gasteiger partial charge in [-0.1, -0.05) is 13.3 Å². The van der Waals surface area contributed by atoms with Crippen LogP contribution in [0.4, 0.5) is 0 Å². The molecule has 0 radical (unpaired) electrons. The van der Waals surface area contributed by atoms with Crippen LogP contribution in [0.5, 0.6) is 0 Å². The van der Waals surface area contributed by atoms with Crippen LogP contribution in [-0.4, -0.2) is 37.1 Å². The van der Waals surface area contributed by atoms with Gasteiger partial charge in [-0.2, -0.15) is 0 Å². The molecule has 0 spiro atoms. The fourth-order valence-electron chi connectivity index (χ4n) is 3.17. The van der Waals surface area contributed by atoms with Crippen molar-refractivity contribution in [3.63, 3.8) is 0 Å². The topological polar surface area (TPSA) is 15.3 Å². The molecule has 0 amide bonds. The second-order valence-corrected chi connectivity index (χ2v) is 6.11. The summed E-state index contributed by atoms with van der Waals surface area (Å²) in [7, 11) is 2.07. The summed E-state index contributed by atoms with van der Waals surface area (Å²) in [4.78, 5) is 2.81. The minimum absolute atomic E-state index is 0.648. The Hall–Kier alpha value is -0.0800. The van der Waals surface area contributed by atoms with Gasteiger partial charge in [0.2, 0.25) is 0 Å². The third-order valence-electron chi connectivity index (χ3n) is 4.94. The number of likely N-dealkylation sites (tertiary alicyclic amines) is 1. The van der Waals surface area contributed by atoms with Gasteiger partial charge in [0.05, 0.1) is 0 Å². The maximum atomic E-state index is 3.30. The predicted octanol–water partition coefficient (Wildman–Crippen LogP) is 2.64. The molecule has 94 valence electrons. The molecule has 2 heteroatoms. The van der Waals surface area contributed by atoms with Crippen LogP contribution in [0.15, 0.2) is 0 Å². The molecule has 1 saturated carbocycles. The van der Waals surface area contributed by atoms with Crippen molar-refractivity contribution in [2.45, 2.75) is 64.5 Å². The van der Waals surface area contributed by atoms with E-state index in [1.807, 2.05) is 0 Å². The van der Waals surface area contributed by atoms with E-state index in [-0.39, 0.29) is 0 Å². The molecule has 0 aromatic rings. The standard InChI is InChI=1S/C14H28N2/c1-12(14(2)8-9-14)16-11-5-4-6-13(16)7-10-15-3/h12-13,15H,4-11H2,1-3H3. The van der Waals surface area contributed by atoms with E-state index < -0.39 is 0 Å². The first-order chi connectivity index (χ1) is 7.67. The smallest absolute Gasteiger partial charge is 0.0124 e. The van der Waals surface area contributed by atoms with Crippen LogP contribution < -0.4 is 5.32 Å². The van der Waals surface area contributed by atoms with Gasteiger partial charge in [-0.3, -0.25) is 4.90 Å². The molecule has 1 saturated heterocycles. The third-order valence-corrected chi connectivity index (χ3v) is 4.94.